The number of nitrogens with zero attached hydrogens (tertiary/aromatic N) is 2. The van der Waals surface area contributed by atoms with E-state index in [1.807, 2.05) is 25.1 Å². The van der Waals surface area contributed by atoms with Gasteiger partial charge >= 0.3 is 5.97 Å². The van der Waals surface area contributed by atoms with E-state index in [1.54, 1.807) is 0 Å². The molecule has 2 heterocycles. The number of aliphatic carboxylic acids is 1. The first-order valence-electron chi connectivity index (χ1n) is 11.6. The Bertz CT molecular complexity index is 677. The first-order valence-corrected chi connectivity index (χ1v) is 11.6. The summed E-state index contributed by atoms with van der Waals surface area (Å²) in [6.07, 6.45) is 5.93. The van der Waals surface area contributed by atoms with Crippen LogP contribution < -0.4 is 4.74 Å². The van der Waals surface area contributed by atoms with Crippen LogP contribution in [0.25, 0.3) is 0 Å². The van der Waals surface area contributed by atoms with Crippen LogP contribution in [0.4, 0.5) is 0 Å². The highest BCUT2D eigenvalue weighted by Crippen LogP contribution is 2.37. The zero-order valence-electron chi connectivity index (χ0n) is 18.4. The van der Waals surface area contributed by atoms with Crippen molar-refractivity contribution < 1.29 is 19.7 Å². The second-order valence-electron chi connectivity index (χ2n) is 8.92. The second kappa shape index (κ2) is 11.1. The van der Waals surface area contributed by atoms with Crippen LogP contribution in [-0.2, 0) is 11.3 Å². The van der Waals surface area contributed by atoms with Crippen molar-refractivity contribution in [2.75, 3.05) is 39.3 Å². The lowest BCUT2D eigenvalue weighted by Crippen LogP contribution is -2.54. The molecule has 0 aromatic heterocycles. The summed E-state index contributed by atoms with van der Waals surface area (Å²) in [6.45, 7) is 7.92. The molecule has 2 aliphatic rings. The quantitative estimate of drug-likeness (QED) is 0.568. The largest absolute Gasteiger partial charge is 0.493 e. The van der Waals surface area contributed by atoms with Gasteiger partial charge in [0.15, 0.2) is 0 Å². The van der Waals surface area contributed by atoms with Gasteiger partial charge in [-0.1, -0.05) is 38.0 Å². The molecule has 0 unspecified atom stereocenters. The normalized spacial score (nSPS) is 25.9. The maximum atomic E-state index is 11.9. The van der Waals surface area contributed by atoms with E-state index >= 15 is 0 Å². The van der Waals surface area contributed by atoms with Gasteiger partial charge in [-0.15, -0.1) is 0 Å². The molecule has 0 radical (unpaired) electrons. The summed E-state index contributed by atoms with van der Waals surface area (Å²) >= 11 is 0. The molecule has 6 nitrogen and oxygen atoms in total. The summed E-state index contributed by atoms with van der Waals surface area (Å²) < 4.78 is 6.10. The number of carboxylic acids is 1. The van der Waals surface area contributed by atoms with Gasteiger partial charge < -0.3 is 19.8 Å². The van der Waals surface area contributed by atoms with Gasteiger partial charge in [0.25, 0.3) is 0 Å². The van der Waals surface area contributed by atoms with E-state index in [0.29, 0.717) is 39.1 Å². The number of aliphatic hydroxyl groups excluding tert-OH is 1. The molecule has 168 valence electrons. The summed E-state index contributed by atoms with van der Waals surface area (Å²) in [5, 5.41) is 20.4. The standard InChI is InChI=1S/C24H38N2O4/c1-2-11-24(23(28)29)12-16-26(19-22(24)27)18-20-9-4-5-10-21(20)30-17-8-15-25-13-6-3-7-14-25/h4-5,9-10,22,27H,2-3,6-8,11-19H2,1H3,(H,28,29)/t22-,24+/m1/s1. The third-order valence-electron chi connectivity index (χ3n) is 6.76. The van der Waals surface area contributed by atoms with E-state index in [2.05, 4.69) is 15.9 Å². The molecule has 2 aliphatic heterocycles. The Morgan fingerprint density at radius 1 is 1.17 bits per heavy atom. The van der Waals surface area contributed by atoms with Crippen LogP contribution in [0.2, 0.25) is 0 Å². The first-order chi connectivity index (χ1) is 14.5. The number of β-amino-alcohol motifs (C(OH)–C–C–N with tert-alkyl or cyclic N) is 1. The number of ether oxygens (including phenoxy) is 1. The minimum absolute atomic E-state index is 0.385. The van der Waals surface area contributed by atoms with Crippen LogP contribution in [0, 0.1) is 5.41 Å². The van der Waals surface area contributed by atoms with Crippen LogP contribution in [-0.4, -0.2) is 71.4 Å². The number of aliphatic hydroxyl groups is 1. The molecule has 2 N–H and O–H groups in total. The number of piperidine rings is 2. The third-order valence-corrected chi connectivity index (χ3v) is 6.76. The lowest BCUT2D eigenvalue weighted by molar-refractivity contribution is -0.164. The summed E-state index contributed by atoms with van der Waals surface area (Å²) in [5.41, 5.74) is 0.0939. The van der Waals surface area contributed by atoms with Gasteiger partial charge in [0.05, 0.1) is 18.1 Å². The number of benzene rings is 1. The molecule has 0 bridgehead atoms. The summed E-state index contributed by atoms with van der Waals surface area (Å²) in [6, 6.07) is 8.08. The van der Waals surface area contributed by atoms with Gasteiger partial charge in [-0.3, -0.25) is 9.69 Å². The number of rotatable bonds is 10. The third kappa shape index (κ3) is 5.74. The fourth-order valence-electron chi connectivity index (χ4n) is 4.94. The van der Waals surface area contributed by atoms with E-state index in [9.17, 15) is 15.0 Å². The predicted molar refractivity (Wildman–Crippen MR) is 118 cm³/mol. The van der Waals surface area contributed by atoms with Crippen molar-refractivity contribution in [1.82, 2.24) is 9.80 Å². The molecule has 0 amide bonds. The van der Waals surface area contributed by atoms with Gasteiger partial charge in [0.2, 0.25) is 0 Å². The topological polar surface area (TPSA) is 73.2 Å². The molecule has 30 heavy (non-hydrogen) atoms. The van der Waals surface area contributed by atoms with Crippen molar-refractivity contribution in [3.8, 4) is 5.75 Å². The van der Waals surface area contributed by atoms with Crippen molar-refractivity contribution in [2.24, 2.45) is 5.41 Å². The minimum Gasteiger partial charge on any atom is -0.493 e. The zero-order valence-corrected chi connectivity index (χ0v) is 18.4. The Morgan fingerprint density at radius 3 is 2.63 bits per heavy atom. The van der Waals surface area contributed by atoms with E-state index < -0.39 is 17.5 Å². The second-order valence-corrected chi connectivity index (χ2v) is 8.92. The Hall–Kier alpha value is -1.63. The first kappa shape index (κ1) is 23.0. The van der Waals surface area contributed by atoms with E-state index in [-0.39, 0.29) is 0 Å². The van der Waals surface area contributed by atoms with Gasteiger partial charge in [-0.2, -0.15) is 0 Å². The Labute approximate surface area is 180 Å². The monoisotopic (exact) mass is 418 g/mol. The van der Waals surface area contributed by atoms with Crippen LogP contribution >= 0.6 is 0 Å². The predicted octanol–water partition coefficient (Wildman–Crippen LogP) is 3.38. The SMILES string of the molecule is CCC[C@]1(C(=O)O)CCN(Cc2ccccc2OCCCN2CCCCC2)C[C@H]1O. The smallest absolute Gasteiger partial charge is 0.312 e. The highest BCUT2D eigenvalue weighted by Gasteiger charge is 2.47. The van der Waals surface area contributed by atoms with Crippen molar-refractivity contribution in [3.63, 3.8) is 0 Å². The lowest BCUT2D eigenvalue weighted by atomic mass is 9.73. The summed E-state index contributed by atoms with van der Waals surface area (Å²) in [5.74, 6) is 0.0307. The Kier molecular flexibility index (Phi) is 8.54. The number of carbonyl (C=O) groups is 1. The summed E-state index contributed by atoms with van der Waals surface area (Å²) in [7, 11) is 0. The molecule has 0 spiro atoms. The Balaban J connectivity index is 1.51. The van der Waals surface area contributed by atoms with E-state index in [1.165, 1.54) is 32.4 Å². The maximum absolute atomic E-state index is 11.9. The van der Waals surface area contributed by atoms with Crippen molar-refractivity contribution >= 4 is 5.97 Å². The highest BCUT2D eigenvalue weighted by atomic mass is 16.5. The lowest BCUT2D eigenvalue weighted by Gasteiger charge is -2.42. The number of hydrogen-bond acceptors (Lipinski definition) is 5. The zero-order chi connectivity index (χ0) is 21.4. The molecule has 1 aromatic carbocycles. The van der Waals surface area contributed by atoms with Crippen LogP contribution in [0.5, 0.6) is 5.75 Å². The minimum atomic E-state index is -1.00. The highest BCUT2D eigenvalue weighted by molar-refractivity contribution is 5.75. The van der Waals surface area contributed by atoms with E-state index in [4.69, 9.17) is 4.74 Å². The molecule has 0 aliphatic carbocycles. The van der Waals surface area contributed by atoms with E-state index in [0.717, 1.165) is 30.7 Å². The van der Waals surface area contributed by atoms with Gasteiger partial charge in [-0.25, -0.2) is 0 Å². The maximum Gasteiger partial charge on any atom is 0.312 e. The van der Waals surface area contributed by atoms with Crippen molar-refractivity contribution in [3.05, 3.63) is 29.8 Å². The van der Waals surface area contributed by atoms with Crippen LogP contribution in [0.3, 0.4) is 0 Å². The molecular weight excluding hydrogens is 380 g/mol. The van der Waals surface area contributed by atoms with Gasteiger partial charge in [-0.05, 0) is 57.8 Å². The van der Waals surface area contributed by atoms with Crippen molar-refractivity contribution in [2.45, 2.75) is 64.5 Å². The molecular formula is C24H38N2O4. The number of hydrogen-bond donors (Lipinski definition) is 2. The molecule has 2 atom stereocenters. The van der Waals surface area contributed by atoms with Crippen molar-refractivity contribution in [1.29, 1.82) is 0 Å². The molecule has 2 saturated heterocycles. The molecule has 1 aromatic rings. The summed E-state index contributed by atoms with van der Waals surface area (Å²) in [4.78, 5) is 16.5. The molecule has 0 saturated carbocycles. The fraction of sp³-hybridized carbons (Fsp3) is 0.708. The molecule has 6 heteroatoms. The number of para-hydroxylation sites is 1. The van der Waals surface area contributed by atoms with Gasteiger partial charge in [0.1, 0.15) is 5.75 Å². The molecule has 3 rings (SSSR count). The van der Waals surface area contributed by atoms with Crippen LogP contribution in [0.1, 0.15) is 57.4 Å². The Morgan fingerprint density at radius 2 is 1.93 bits per heavy atom. The van der Waals surface area contributed by atoms with Gasteiger partial charge in [0, 0.05) is 25.2 Å². The fourth-order valence-corrected chi connectivity index (χ4v) is 4.94. The average molecular weight is 419 g/mol. The molecule has 2 fully saturated rings. The number of carboxylic acid groups (broad SMARTS) is 1. The van der Waals surface area contributed by atoms with Crippen LogP contribution in [0.15, 0.2) is 24.3 Å². The average Bonchev–Trinajstić information content (AvgIpc) is 2.75. The number of likely N-dealkylation sites (tertiary alicyclic amines) is 2.